The maximum absolute atomic E-state index is 11.5. The van der Waals surface area contributed by atoms with Gasteiger partial charge in [-0.3, -0.25) is 0 Å². The third kappa shape index (κ3) is 3.12. The van der Waals surface area contributed by atoms with Crippen LogP contribution >= 0.6 is 0 Å². The lowest BCUT2D eigenvalue weighted by Gasteiger charge is -2.13. The van der Waals surface area contributed by atoms with Crippen LogP contribution in [0.15, 0.2) is 33.6 Å². The molecule has 0 saturated carbocycles. The Bertz CT molecular complexity index is 735. The molecule has 7 heteroatoms. The molecule has 108 valence electrons. The molecule has 0 spiro atoms. The molecular weight excluding hydrogens is 278 g/mol. The van der Waals surface area contributed by atoms with E-state index in [0.29, 0.717) is 23.5 Å². The van der Waals surface area contributed by atoms with Crippen molar-refractivity contribution in [1.29, 1.82) is 0 Å². The zero-order valence-corrected chi connectivity index (χ0v) is 12.1. The predicted octanol–water partition coefficient (Wildman–Crippen LogP) is 1.74. The van der Waals surface area contributed by atoms with Crippen LogP contribution in [-0.4, -0.2) is 8.42 Å². The van der Waals surface area contributed by atoms with Crippen molar-refractivity contribution >= 4 is 21.4 Å². The van der Waals surface area contributed by atoms with Crippen LogP contribution in [0, 0.1) is 13.8 Å². The SMILES string of the molecule is Cc1ccc(CNc2cc(N)cc(S(N)(=O)=O)c2C)o1. The van der Waals surface area contributed by atoms with E-state index >= 15 is 0 Å². The molecule has 0 amide bonds. The number of furan rings is 1. The van der Waals surface area contributed by atoms with E-state index in [1.54, 1.807) is 13.0 Å². The molecule has 0 aliphatic heterocycles. The molecule has 2 rings (SSSR count). The predicted molar refractivity (Wildman–Crippen MR) is 77.7 cm³/mol. The summed E-state index contributed by atoms with van der Waals surface area (Å²) in [6.07, 6.45) is 0. The van der Waals surface area contributed by atoms with Crippen LogP contribution in [0.25, 0.3) is 0 Å². The molecule has 0 fully saturated rings. The standard InChI is InChI=1S/C13H17N3O3S/c1-8-3-4-11(19-8)7-16-12-5-10(14)6-13(9(12)2)20(15,17)18/h3-6,16H,7,14H2,1-2H3,(H2,15,17,18). The van der Waals surface area contributed by atoms with Gasteiger partial charge in [0, 0.05) is 11.4 Å². The average Bonchev–Trinajstić information content (AvgIpc) is 2.74. The zero-order valence-electron chi connectivity index (χ0n) is 11.3. The first-order chi connectivity index (χ1) is 9.27. The molecule has 1 heterocycles. The Labute approximate surface area is 117 Å². The van der Waals surface area contributed by atoms with Crippen molar-refractivity contribution in [1.82, 2.24) is 0 Å². The Morgan fingerprint density at radius 1 is 1.25 bits per heavy atom. The average molecular weight is 295 g/mol. The largest absolute Gasteiger partial charge is 0.465 e. The Balaban J connectivity index is 2.30. The zero-order chi connectivity index (χ0) is 14.9. The Kier molecular flexibility index (Phi) is 3.74. The number of benzene rings is 1. The van der Waals surface area contributed by atoms with E-state index in [-0.39, 0.29) is 4.90 Å². The fraction of sp³-hybridized carbons (Fsp3) is 0.231. The number of anilines is 2. The van der Waals surface area contributed by atoms with Crippen LogP contribution in [0.5, 0.6) is 0 Å². The van der Waals surface area contributed by atoms with E-state index in [1.165, 1.54) is 6.07 Å². The topological polar surface area (TPSA) is 111 Å². The third-order valence-corrected chi connectivity index (χ3v) is 3.98. The molecule has 0 radical (unpaired) electrons. The van der Waals surface area contributed by atoms with Crippen LogP contribution < -0.4 is 16.2 Å². The second-order valence-electron chi connectivity index (χ2n) is 4.60. The van der Waals surface area contributed by atoms with Crippen molar-refractivity contribution in [2.75, 3.05) is 11.1 Å². The van der Waals surface area contributed by atoms with Crippen LogP contribution in [0.2, 0.25) is 0 Å². The summed E-state index contributed by atoms with van der Waals surface area (Å²) in [6, 6.07) is 6.73. The lowest BCUT2D eigenvalue weighted by Crippen LogP contribution is -2.15. The van der Waals surface area contributed by atoms with Gasteiger partial charge >= 0.3 is 0 Å². The Morgan fingerprint density at radius 2 is 1.95 bits per heavy atom. The first kappa shape index (κ1) is 14.4. The lowest BCUT2D eigenvalue weighted by molar-refractivity contribution is 0.490. The quantitative estimate of drug-likeness (QED) is 0.744. The molecule has 1 aromatic carbocycles. The smallest absolute Gasteiger partial charge is 0.238 e. The molecule has 6 nitrogen and oxygen atoms in total. The summed E-state index contributed by atoms with van der Waals surface area (Å²) in [7, 11) is -3.80. The van der Waals surface area contributed by atoms with Crippen LogP contribution in [0.3, 0.4) is 0 Å². The summed E-state index contributed by atoms with van der Waals surface area (Å²) in [6.45, 7) is 3.96. The minimum atomic E-state index is -3.80. The molecule has 0 saturated heterocycles. The minimum absolute atomic E-state index is 0.0237. The van der Waals surface area contributed by atoms with Crippen molar-refractivity contribution < 1.29 is 12.8 Å². The van der Waals surface area contributed by atoms with Gasteiger partial charge in [0.15, 0.2) is 0 Å². The van der Waals surface area contributed by atoms with Gasteiger partial charge in [0.25, 0.3) is 0 Å². The summed E-state index contributed by atoms with van der Waals surface area (Å²) in [5.74, 6) is 1.57. The van der Waals surface area contributed by atoms with Crippen molar-refractivity contribution in [2.24, 2.45) is 5.14 Å². The van der Waals surface area contributed by atoms with Crippen molar-refractivity contribution in [3.05, 3.63) is 41.3 Å². The second kappa shape index (κ2) is 5.18. The summed E-state index contributed by atoms with van der Waals surface area (Å²) in [5, 5.41) is 8.28. The fourth-order valence-electron chi connectivity index (χ4n) is 1.95. The van der Waals surface area contributed by atoms with Crippen LogP contribution in [-0.2, 0) is 16.6 Å². The number of rotatable bonds is 4. The lowest BCUT2D eigenvalue weighted by atomic mass is 10.1. The monoisotopic (exact) mass is 295 g/mol. The molecule has 5 N–H and O–H groups in total. The molecular formula is C13H17N3O3S. The van der Waals surface area contributed by atoms with Crippen LogP contribution in [0.1, 0.15) is 17.1 Å². The molecule has 0 bridgehead atoms. The highest BCUT2D eigenvalue weighted by molar-refractivity contribution is 7.89. The van der Waals surface area contributed by atoms with Crippen molar-refractivity contribution in [3.63, 3.8) is 0 Å². The second-order valence-corrected chi connectivity index (χ2v) is 6.13. The molecule has 0 aliphatic carbocycles. The summed E-state index contributed by atoms with van der Waals surface area (Å²) in [5.41, 5.74) is 7.19. The highest BCUT2D eigenvalue weighted by Gasteiger charge is 2.15. The summed E-state index contributed by atoms with van der Waals surface area (Å²) >= 11 is 0. The fourth-order valence-corrected chi connectivity index (χ4v) is 2.79. The van der Waals surface area contributed by atoms with Gasteiger partial charge in [-0.05, 0) is 43.7 Å². The first-order valence-electron chi connectivity index (χ1n) is 5.99. The summed E-state index contributed by atoms with van der Waals surface area (Å²) in [4.78, 5) is 0.0237. The highest BCUT2D eigenvalue weighted by Crippen LogP contribution is 2.26. The van der Waals surface area contributed by atoms with Gasteiger partial charge < -0.3 is 15.5 Å². The van der Waals surface area contributed by atoms with Gasteiger partial charge in [0.1, 0.15) is 11.5 Å². The molecule has 0 atom stereocenters. The molecule has 0 aliphatic rings. The number of hydrogen-bond donors (Lipinski definition) is 3. The van der Waals surface area contributed by atoms with Crippen molar-refractivity contribution in [2.45, 2.75) is 25.3 Å². The number of nitrogen functional groups attached to an aromatic ring is 1. The van der Waals surface area contributed by atoms with Gasteiger partial charge in [-0.1, -0.05) is 0 Å². The van der Waals surface area contributed by atoms with E-state index in [4.69, 9.17) is 15.3 Å². The molecule has 0 unspecified atom stereocenters. The van der Waals surface area contributed by atoms with Gasteiger partial charge in [-0.2, -0.15) is 0 Å². The third-order valence-electron chi connectivity index (χ3n) is 2.94. The van der Waals surface area contributed by atoms with E-state index in [2.05, 4.69) is 5.32 Å². The van der Waals surface area contributed by atoms with Crippen LogP contribution in [0.4, 0.5) is 11.4 Å². The molecule has 20 heavy (non-hydrogen) atoms. The van der Waals surface area contributed by atoms with Gasteiger partial charge in [0.2, 0.25) is 10.0 Å². The first-order valence-corrected chi connectivity index (χ1v) is 7.54. The summed E-state index contributed by atoms with van der Waals surface area (Å²) < 4.78 is 28.5. The van der Waals surface area contributed by atoms with Gasteiger partial charge in [0.05, 0.1) is 11.4 Å². The minimum Gasteiger partial charge on any atom is -0.465 e. The Morgan fingerprint density at radius 3 is 2.50 bits per heavy atom. The number of sulfonamides is 1. The van der Waals surface area contributed by atoms with Gasteiger partial charge in [-0.15, -0.1) is 0 Å². The van der Waals surface area contributed by atoms with E-state index in [0.717, 1.165) is 11.5 Å². The van der Waals surface area contributed by atoms with E-state index in [1.807, 2.05) is 19.1 Å². The number of nitrogens with one attached hydrogen (secondary N) is 1. The maximum atomic E-state index is 11.5. The van der Waals surface area contributed by atoms with Crippen molar-refractivity contribution in [3.8, 4) is 0 Å². The number of aryl methyl sites for hydroxylation is 1. The highest BCUT2D eigenvalue weighted by atomic mass is 32.2. The number of primary sulfonamides is 1. The van der Waals surface area contributed by atoms with E-state index < -0.39 is 10.0 Å². The maximum Gasteiger partial charge on any atom is 0.238 e. The number of hydrogen-bond acceptors (Lipinski definition) is 5. The van der Waals surface area contributed by atoms with Gasteiger partial charge in [-0.25, -0.2) is 13.6 Å². The Hall–Kier alpha value is -1.99. The number of nitrogens with two attached hydrogens (primary N) is 2. The van der Waals surface area contributed by atoms with E-state index in [9.17, 15) is 8.42 Å². The normalized spacial score (nSPS) is 11.6. The molecule has 1 aromatic heterocycles. The molecule has 2 aromatic rings.